The molecular formula is C13H9BrO2S. The molecule has 3 rings (SSSR count). The van der Waals surface area contributed by atoms with Crippen LogP contribution in [0.2, 0.25) is 0 Å². The van der Waals surface area contributed by atoms with E-state index in [-0.39, 0.29) is 5.78 Å². The van der Waals surface area contributed by atoms with E-state index in [4.69, 9.17) is 4.74 Å². The van der Waals surface area contributed by atoms with Crippen LogP contribution in [0.25, 0.3) is 0 Å². The molecule has 2 aromatic rings. The summed E-state index contributed by atoms with van der Waals surface area (Å²) in [5.74, 6) is 0.971. The standard InChI is InChI=1S/C13H9BrO2S/c14-11-7-17-6-10(11)13(15)9-1-2-12-8(5-9)3-4-16-12/h1-2,5-7H,3-4H2. The molecule has 0 unspecified atom stereocenters. The number of carbonyl (C=O) groups is 1. The van der Waals surface area contributed by atoms with E-state index in [0.717, 1.165) is 39.9 Å². The Balaban J connectivity index is 2.00. The lowest BCUT2D eigenvalue weighted by atomic mass is 10.0. The molecule has 86 valence electrons. The number of thiophene rings is 1. The van der Waals surface area contributed by atoms with E-state index in [1.54, 1.807) is 0 Å². The van der Waals surface area contributed by atoms with Crippen LogP contribution in [-0.4, -0.2) is 12.4 Å². The molecule has 2 nitrogen and oxygen atoms in total. The van der Waals surface area contributed by atoms with Crippen LogP contribution in [0.3, 0.4) is 0 Å². The summed E-state index contributed by atoms with van der Waals surface area (Å²) in [4.78, 5) is 12.3. The van der Waals surface area contributed by atoms with Crippen LogP contribution in [0.15, 0.2) is 33.4 Å². The fourth-order valence-electron chi connectivity index (χ4n) is 1.93. The summed E-state index contributed by atoms with van der Waals surface area (Å²) in [5, 5.41) is 3.79. The summed E-state index contributed by atoms with van der Waals surface area (Å²) in [6.07, 6.45) is 0.890. The first kappa shape index (κ1) is 11.0. The van der Waals surface area contributed by atoms with Crippen LogP contribution < -0.4 is 4.74 Å². The van der Waals surface area contributed by atoms with Gasteiger partial charge in [-0.1, -0.05) is 0 Å². The van der Waals surface area contributed by atoms with Gasteiger partial charge in [-0.25, -0.2) is 0 Å². The zero-order valence-electron chi connectivity index (χ0n) is 8.90. The number of rotatable bonds is 2. The fourth-order valence-corrected chi connectivity index (χ4v) is 3.38. The third-order valence-electron chi connectivity index (χ3n) is 2.81. The van der Waals surface area contributed by atoms with Gasteiger partial charge >= 0.3 is 0 Å². The van der Waals surface area contributed by atoms with Gasteiger partial charge < -0.3 is 4.74 Å². The Morgan fingerprint density at radius 1 is 1.35 bits per heavy atom. The normalized spacial score (nSPS) is 13.2. The summed E-state index contributed by atoms with van der Waals surface area (Å²) in [5.41, 5.74) is 2.59. The average molecular weight is 309 g/mol. The number of benzene rings is 1. The Morgan fingerprint density at radius 2 is 2.24 bits per heavy atom. The number of ether oxygens (including phenoxy) is 1. The third kappa shape index (κ3) is 1.91. The Labute approximate surface area is 111 Å². The minimum atomic E-state index is 0.0628. The Morgan fingerprint density at radius 3 is 3.00 bits per heavy atom. The van der Waals surface area contributed by atoms with Crippen molar-refractivity contribution in [1.29, 1.82) is 0 Å². The van der Waals surface area contributed by atoms with Crippen molar-refractivity contribution in [2.75, 3.05) is 6.61 Å². The minimum absolute atomic E-state index is 0.0628. The molecule has 0 atom stereocenters. The van der Waals surface area contributed by atoms with E-state index in [0.29, 0.717) is 0 Å². The maximum absolute atomic E-state index is 12.3. The second-order valence-corrected chi connectivity index (χ2v) is 5.48. The summed E-state index contributed by atoms with van der Waals surface area (Å²) >= 11 is 4.91. The van der Waals surface area contributed by atoms with Crippen molar-refractivity contribution in [2.45, 2.75) is 6.42 Å². The molecule has 0 saturated carbocycles. The van der Waals surface area contributed by atoms with Crippen molar-refractivity contribution in [3.63, 3.8) is 0 Å². The van der Waals surface area contributed by atoms with Gasteiger partial charge in [-0.05, 0) is 39.7 Å². The first-order valence-corrected chi connectivity index (χ1v) is 7.01. The first-order valence-electron chi connectivity index (χ1n) is 5.28. The SMILES string of the molecule is O=C(c1ccc2c(c1)CCO2)c1cscc1Br. The van der Waals surface area contributed by atoms with Crippen LogP contribution in [0.5, 0.6) is 5.75 Å². The lowest BCUT2D eigenvalue weighted by Crippen LogP contribution is -2.00. The second kappa shape index (κ2) is 4.27. The molecule has 17 heavy (non-hydrogen) atoms. The van der Waals surface area contributed by atoms with Gasteiger partial charge in [-0.3, -0.25) is 4.79 Å². The molecule has 0 amide bonds. The summed E-state index contributed by atoms with van der Waals surface area (Å²) in [6.45, 7) is 0.717. The van der Waals surface area contributed by atoms with Crippen LogP contribution >= 0.6 is 27.3 Å². The van der Waals surface area contributed by atoms with E-state index in [2.05, 4.69) is 15.9 Å². The Hall–Kier alpha value is -1.13. The van der Waals surface area contributed by atoms with Crippen molar-refractivity contribution in [1.82, 2.24) is 0 Å². The molecule has 2 heterocycles. The first-order chi connectivity index (χ1) is 8.25. The lowest BCUT2D eigenvalue weighted by molar-refractivity contribution is 0.103. The Bertz CT molecular complexity index is 589. The van der Waals surface area contributed by atoms with E-state index in [9.17, 15) is 4.79 Å². The number of ketones is 1. The summed E-state index contributed by atoms with van der Waals surface area (Å²) < 4.78 is 6.29. The Kier molecular flexibility index (Phi) is 2.76. The maximum atomic E-state index is 12.3. The molecule has 0 saturated heterocycles. The monoisotopic (exact) mass is 308 g/mol. The van der Waals surface area contributed by atoms with Gasteiger partial charge in [0.25, 0.3) is 0 Å². The van der Waals surface area contributed by atoms with Crippen LogP contribution in [0, 0.1) is 0 Å². The predicted molar refractivity (Wildman–Crippen MR) is 71.1 cm³/mol. The van der Waals surface area contributed by atoms with E-state index in [1.807, 2.05) is 29.0 Å². The number of halogens is 1. The van der Waals surface area contributed by atoms with Crippen molar-refractivity contribution in [2.24, 2.45) is 0 Å². The number of hydrogen-bond acceptors (Lipinski definition) is 3. The second-order valence-electron chi connectivity index (χ2n) is 3.88. The highest BCUT2D eigenvalue weighted by Crippen LogP contribution is 2.29. The average Bonchev–Trinajstić information content (AvgIpc) is 2.95. The lowest BCUT2D eigenvalue weighted by Gasteiger charge is -2.03. The predicted octanol–water partition coefficient (Wildman–Crippen LogP) is 3.68. The molecule has 0 fully saturated rings. The van der Waals surface area contributed by atoms with Gasteiger partial charge in [0.15, 0.2) is 5.78 Å². The van der Waals surface area contributed by atoms with Gasteiger partial charge in [-0.2, -0.15) is 11.3 Å². The smallest absolute Gasteiger partial charge is 0.195 e. The van der Waals surface area contributed by atoms with Crippen molar-refractivity contribution in [3.05, 3.63) is 50.1 Å². The molecule has 0 aliphatic carbocycles. The van der Waals surface area contributed by atoms with Gasteiger partial charge in [0.2, 0.25) is 0 Å². The number of fused-ring (bicyclic) bond motifs is 1. The molecule has 1 aromatic carbocycles. The molecule has 0 N–H and O–H groups in total. The summed E-state index contributed by atoms with van der Waals surface area (Å²) in [6, 6.07) is 5.65. The third-order valence-corrected chi connectivity index (χ3v) is 4.51. The number of hydrogen-bond donors (Lipinski definition) is 0. The van der Waals surface area contributed by atoms with Crippen molar-refractivity contribution >= 4 is 33.0 Å². The van der Waals surface area contributed by atoms with Crippen molar-refractivity contribution in [3.8, 4) is 5.75 Å². The zero-order valence-corrected chi connectivity index (χ0v) is 11.3. The topological polar surface area (TPSA) is 26.3 Å². The highest BCUT2D eigenvalue weighted by atomic mass is 79.9. The molecule has 1 aliphatic heterocycles. The highest BCUT2D eigenvalue weighted by molar-refractivity contribution is 9.10. The zero-order chi connectivity index (χ0) is 11.8. The van der Waals surface area contributed by atoms with Gasteiger partial charge in [0, 0.05) is 32.8 Å². The van der Waals surface area contributed by atoms with Gasteiger partial charge in [0.1, 0.15) is 5.75 Å². The number of carbonyl (C=O) groups excluding carboxylic acids is 1. The van der Waals surface area contributed by atoms with Crippen LogP contribution in [0.1, 0.15) is 21.5 Å². The largest absolute Gasteiger partial charge is 0.493 e. The molecule has 1 aromatic heterocycles. The quantitative estimate of drug-likeness (QED) is 0.791. The molecule has 0 spiro atoms. The fraction of sp³-hybridized carbons (Fsp3) is 0.154. The molecule has 4 heteroatoms. The van der Waals surface area contributed by atoms with Crippen molar-refractivity contribution < 1.29 is 9.53 Å². The van der Waals surface area contributed by atoms with E-state index >= 15 is 0 Å². The molecule has 1 aliphatic rings. The van der Waals surface area contributed by atoms with E-state index < -0.39 is 0 Å². The molecule has 0 radical (unpaired) electrons. The van der Waals surface area contributed by atoms with E-state index in [1.165, 1.54) is 11.3 Å². The highest BCUT2D eigenvalue weighted by Gasteiger charge is 2.17. The van der Waals surface area contributed by atoms with Gasteiger partial charge in [0.05, 0.1) is 6.61 Å². The van der Waals surface area contributed by atoms with Gasteiger partial charge in [-0.15, -0.1) is 0 Å². The molecule has 0 bridgehead atoms. The maximum Gasteiger partial charge on any atom is 0.195 e. The minimum Gasteiger partial charge on any atom is -0.493 e. The molecular weight excluding hydrogens is 300 g/mol. The van der Waals surface area contributed by atoms with Crippen LogP contribution in [0.4, 0.5) is 0 Å². The van der Waals surface area contributed by atoms with Crippen LogP contribution in [-0.2, 0) is 6.42 Å². The summed E-state index contributed by atoms with van der Waals surface area (Å²) in [7, 11) is 0.